The highest BCUT2D eigenvalue weighted by Crippen LogP contribution is 2.17. The minimum Gasteiger partial charge on any atom is -0.488 e. The van der Waals surface area contributed by atoms with Crippen molar-refractivity contribution >= 4 is 6.29 Å². The van der Waals surface area contributed by atoms with Crippen LogP contribution in [0.3, 0.4) is 0 Å². The number of rotatable bonds is 7. The molecular formula is C12H15FO4. The van der Waals surface area contributed by atoms with Gasteiger partial charge in [0.2, 0.25) is 0 Å². The van der Waals surface area contributed by atoms with Crippen LogP contribution in [0, 0.1) is 5.82 Å². The summed E-state index contributed by atoms with van der Waals surface area (Å²) in [5, 5.41) is 9.40. The third-order valence-electron chi connectivity index (χ3n) is 2.04. The first-order valence-electron chi connectivity index (χ1n) is 5.30. The zero-order chi connectivity index (χ0) is 12.7. The van der Waals surface area contributed by atoms with Gasteiger partial charge in [-0.05, 0) is 25.1 Å². The Bertz CT molecular complexity index is 368. The van der Waals surface area contributed by atoms with Gasteiger partial charge in [-0.15, -0.1) is 0 Å². The van der Waals surface area contributed by atoms with Crippen molar-refractivity contribution in [1.82, 2.24) is 0 Å². The highest BCUT2D eigenvalue weighted by molar-refractivity contribution is 5.74. The van der Waals surface area contributed by atoms with E-state index in [1.54, 1.807) is 0 Å². The summed E-state index contributed by atoms with van der Waals surface area (Å²) in [4.78, 5) is 10.4. The number of benzene rings is 1. The summed E-state index contributed by atoms with van der Waals surface area (Å²) in [6.45, 7) is 2.40. The van der Waals surface area contributed by atoms with Crippen LogP contribution in [0.2, 0.25) is 0 Å². The topological polar surface area (TPSA) is 55.8 Å². The van der Waals surface area contributed by atoms with Crippen LogP contribution in [0.4, 0.5) is 4.39 Å². The summed E-state index contributed by atoms with van der Waals surface area (Å²) in [7, 11) is 0. The number of ether oxygens (including phenoxy) is 2. The van der Waals surface area contributed by atoms with E-state index in [2.05, 4.69) is 0 Å². The molecule has 17 heavy (non-hydrogen) atoms. The normalized spacial score (nSPS) is 12.2. The van der Waals surface area contributed by atoms with Crippen LogP contribution in [0.1, 0.15) is 17.3 Å². The summed E-state index contributed by atoms with van der Waals surface area (Å²) < 4.78 is 23.4. The maximum atomic E-state index is 13.3. The molecule has 5 heteroatoms. The minimum absolute atomic E-state index is 0.00569. The molecule has 0 aliphatic rings. The van der Waals surface area contributed by atoms with E-state index >= 15 is 0 Å². The average Bonchev–Trinajstić information content (AvgIpc) is 2.34. The highest BCUT2D eigenvalue weighted by atomic mass is 19.1. The number of aldehydes is 1. The first-order chi connectivity index (χ1) is 8.17. The molecule has 1 aromatic carbocycles. The molecule has 0 bridgehead atoms. The lowest BCUT2D eigenvalue weighted by molar-refractivity contribution is 0.0157. The molecule has 0 aromatic heterocycles. The van der Waals surface area contributed by atoms with Crippen LogP contribution in [0.15, 0.2) is 18.2 Å². The Morgan fingerprint density at radius 1 is 1.47 bits per heavy atom. The molecule has 0 amide bonds. The van der Waals surface area contributed by atoms with Gasteiger partial charge in [-0.2, -0.15) is 0 Å². The van der Waals surface area contributed by atoms with Crippen LogP contribution in [-0.2, 0) is 4.74 Å². The zero-order valence-corrected chi connectivity index (χ0v) is 9.56. The maximum Gasteiger partial charge on any atom is 0.165 e. The number of halogens is 1. The van der Waals surface area contributed by atoms with E-state index in [0.29, 0.717) is 12.9 Å². The van der Waals surface area contributed by atoms with E-state index in [1.807, 2.05) is 6.92 Å². The lowest BCUT2D eigenvalue weighted by atomic mass is 10.2. The summed E-state index contributed by atoms with van der Waals surface area (Å²) in [5.74, 6) is -0.621. The molecule has 0 saturated heterocycles. The fourth-order valence-corrected chi connectivity index (χ4v) is 1.20. The largest absolute Gasteiger partial charge is 0.488 e. The van der Waals surface area contributed by atoms with Gasteiger partial charge in [-0.3, -0.25) is 4.79 Å². The molecule has 0 saturated carbocycles. The van der Waals surface area contributed by atoms with Gasteiger partial charge in [-0.1, -0.05) is 0 Å². The summed E-state index contributed by atoms with van der Waals surface area (Å²) >= 11 is 0. The van der Waals surface area contributed by atoms with E-state index in [4.69, 9.17) is 9.47 Å². The molecule has 4 nitrogen and oxygen atoms in total. The molecule has 1 aromatic rings. The molecule has 0 aliphatic heterocycles. The number of hydrogen-bond donors (Lipinski definition) is 1. The first kappa shape index (κ1) is 13.6. The van der Waals surface area contributed by atoms with Gasteiger partial charge in [0.25, 0.3) is 0 Å². The Balaban J connectivity index is 2.48. The monoisotopic (exact) mass is 242 g/mol. The second kappa shape index (κ2) is 6.98. The molecule has 1 rings (SSSR count). The van der Waals surface area contributed by atoms with Gasteiger partial charge < -0.3 is 14.6 Å². The molecule has 94 valence electrons. The van der Waals surface area contributed by atoms with Gasteiger partial charge in [0, 0.05) is 12.2 Å². The fourth-order valence-electron chi connectivity index (χ4n) is 1.20. The van der Waals surface area contributed by atoms with Crippen molar-refractivity contribution in [2.24, 2.45) is 0 Å². The Kier molecular flexibility index (Phi) is 5.59. The molecule has 1 atom stereocenters. The predicted octanol–water partition coefficient (Wildman–Crippen LogP) is 1.41. The third-order valence-corrected chi connectivity index (χ3v) is 2.04. The van der Waals surface area contributed by atoms with E-state index in [9.17, 15) is 14.3 Å². The number of carbonyl (C=O) groups excluding carboxylic acids is 1. The van der Waals surface area contributed by atoms with Gasteiger partial charge >= 0.3 is 0 Å². The highest BCUT2D eigenvalue weighted by Gasteiger charge is 2.08. The van der Waals surface area contributed by atoms with Crippen molar-refractivity contribution in [3.63, 3.8) is 0 Å². The van der Waals surface area contributed by atoms with E-state index < -0.39 is 11.9 Å². The van der Waals surface area contributed by atoms with Crippen LogP contribution < -0.4 is 4.74 Å². The average molecular weight is 242 g/mol. The number of carbonyl (C=O) groups is 1. The maximum absolute atomic E-state index is 13.3. The van der Waals surface area contributed by atoms with Crippen molar-refractivity contribution in [1.29, 1.82) is 0 Å². The van der Waals surface area contributed by atoms with E-state index in [0.717, 1.165) is 6.07 Å². The fraction of sp³-hybridized carbons (Fsp3) is 0.417. The number of aliphatic hydroxyl groups is 1. The molecular weight excluding hydrogens is 227 g/mol. The zero-order valence-electron chi connectivity index (χ0n) is 9.56. The van der Waals surface area contributed by atoms with Crippen molar-refractivity contribution in [3.05, 3.63) is 29.6 Å². The van der Waals surface area contributed by atoms with Crippen LogP contribution in [-0.4, -0.2) is 37.3 Å². The lowest BCUT2D eigenvalue weighted by Gasteiger charge is -2.12. The Morgan fingerprint density at radius 2 is 2.24 bits per heavy atom. The summed E-state index contributed by atoms with van der Waals surface area (Å²) in [6.07, 6.45) is -0.253. The molecule has 1 unspecified atom stereocenters. The lowest BCUT2D eigenvalue weighted by Crippen LogP contribution is -2.23. The van der Waals surface area contributed by atoms with Gasteiger partial charge in [0.15, 0.2) is 11.6 Å². The molecule has 1 N–H and O–H groups in total. The van der Waals surface area contributed by atoms with Crippen LogP contribution in [0.25, 0.3) is 0 Å². The van der Waals surface area contributed by atoms with E-state index in [1.165, 1.54) is 12.1 Å². The molecule has 0 fully saturated rings. The summed E-state index contributed by atoms with van der Waals surface area (Å²) in [5.41, 5.74) is 0.240. The quantitative estimate of drug-likeness (QED) is 0.734. The van der Waals surface area contributed by atoms with Crippen molar-refractivity contribution in [3.8, 4) is 5.75 Å². The van der Waals surface area contributed by atoms with Crippen LogP contribution >= 0.6 is 0 Å². The van der Waals surface area contributed by atoms with Gasteiger partial charge in [0.05, 0.1) is 6.61 Å². The number of hydrogen-bond acceptors (Lipinski definition) is 4. The third kappa shape index (κ3) is 4.50. The Labute approximate surface area is 99.0 Å². The van der Waals surface area contributed by atoms with Gasteiger partial charge in [-0.25, -0.2) is 4.39 Å². The summed E-state index contributed by atoms with van der Waals surface area (Å²) in [6, 6.07) is 3.88. The molecule has 0 radical (unpaired) electrons. The van der Waals surface area contributed by atoms with Gasteiger partial charge in [0.1, 0.15) is 19.0 Å². The SMILES string of the molecule is CCOCC(O)COc1ccc(C=O)cc1F. The Morgan fingerprint density at radius 3 is 2.82 bits per heavy atom. The minimum atomic E-state index is -0.805. The Hall–Kier alpha value is -1.46. The second-order valence-corrected chi connectivity index (χ2v) is 3.43. The molecule has 0 spiro atoms. The first-order valence-corrected chi connectivity index (χ1v) is 5.30. The number of aliphatic hydroxyl groups excluding tert-OH is 1. The van der Waals surface area contributed by atoms with Crippen LogP contribution in [0.5, 0.6) is 5.75 Å². The predicted molar refractivity (Wildman–Crippen MR) is 59.8 cm³/mol. The van der Waals surface area contributed by atoms with Crippen molar-refractivity contribution in [2.75, 3.05) is 19.8 Å². The van der Waals surface area contributed by atoms with E-state index in [-0.39, 0.29) is 24.5 Å². The standard InChI is InChI=1S/C12H15FO4/c1-2-16-7-10(15)8-17-12-4-3-9(6-14)5-11(12)13/h3-6,10,15H,2,7-8H2,1H3. The van der Waals surface area contributed by atoms with Crippen molar-refractivity contribution in [2.45, 2.75) is 13.0 Å². The van der Waals surface area contributed by atoms with Crippen molar-refractivity contribution < 1.29 is 23.8 Å². The smallest absolute Gasteiger partial charge is 0.165 e. The second-order valence-electron chi connectivity index (χ2n) is 3.43. The molecule has 0 heterocycles. The molecule has 0 aliphatic carbocycles.